The molecular weight excluding hydrogens is 368 g/mol. The van der Waals surface area contributed by atoms with Gasteiger partial charge in [-0.25, -0.2) is 0 Å². The topological polar surface area (TPSA) is 76.7 Å². The highest BCUT2D eigenvalue weighted by atomic mass is 16.5. The Labute approximate surface area is 169 Å². The molecule has 0 heterocycles. The van der Waals surface area contributed by atoms with Gasteiger partial charge in [-0.2, -0.15) is 0 Å². The van der Waals surface area contributed by atoms with Crippen LogP contribution in [0, 0.1) is 6.92 Å². The molecule has 6 heteroatoms. The second-order valence-electron chi connectivity index (χ2n) is 6.41. The fourth-order valence-corrected chi connectivity index (χ4v) is 2.56. The Morgan fingerprint density at radius 2 is 1.31 bits per heavy atom. The van der Waals surface area contributed by atoms with Crippen molar-refractivity contribution in [2.45, 2.75) is 6.92 Å². The molecule has 2 N–H and O–H groups in total. The van der Waals surface area contributed by atoms with Gasteiger partial charge in [0.2, 0.25) is 0 Å². The molecule has 0 aliphatic heterocycles. The van der Waals surface area contributed by atoms with Crippen molar-refractivity contribution in [3.05, 3.63) is 83.9 Å². The van der Waals surface area contributed by atoms with Gasteiger partial charge in [0.15, 0.2) is 6.61 Å². The number of anilines is 2. The first-order chi connectivity index (χ1) is 14.0. The minimum atomic E-state index is -0.277. The van der Waals surface area contributed by atoms with Crippen molar-refractivity contribution in [3.8, 4) is 11.5 Å². The molecule has 6 nitrogen and oxygen atoms in total. The standard InChI is InChI=1S/C23H22N2O4/c1-16-3-11-21(12-4-16)29-15-22(26)24-18-7-5-17(6-8-18)23(27)25-19-9-13-20(28-2)14-10-19/h3-14H,15H2,1-2H3,(H,24,26)(H,25,27). The lowest BCUT2D eigenvalue weighted by atomic mass is 10.2. The zero-order chi connectivity index (χ0) is 20.6. The molecule has 0 atom stereocenters. The smallest absolute Gasteiger partial charge is 0.262 e. The van der Waals surface area contributed by atoms with E-state index < -0.39 is 0 Å². The summed E-state index contributed by atoms with van der Waals surface area (Å²) in [4.78, 5) is 24.4. The minimum absolute atomic E-state index is 0.0945. The van der Waals surface area contributed by atoms with Crippen LogP contribution in [-0.2, 0) is 4.79 Å². The summed E-state index contributed by atoms with van der Waals surface area (Å²) < 4.78 is 10.5. The van der Waals surface area contributed by atoms with Crippen LogP contribution < -0.4 is 20.1 Å². The number of carbonyl (C=O) groups is 2. The third-order valence-corrected chi connectivity index (χ3v) is 4.17. The van der Waals surface area contributed by atoms with E-state index in [0.29, 0.717) is 22.7 Å². The second kappa shape index (κ2) is 9.41. The normalized spacial score (nSPS) is 10.1. The highest BCUT2D eigenvalue weighted by molar-refractivity contribution is 6.04. The van der Waals surface area contributed by atoms with E-state index in [1.54, 1.807) is 55.6 Å². The first-order valence-electron chi connectivity index (χ1n) is 9.08. The van der Waals surface area contributed by atoms with Crippen molar-refractivity contribution in [3.63, 3.8) is 0 Å². The Morgan fingerprint density at radius 3 is 1.93 bits per heavy atom. The highest BCUT2D eigenvalue weighted by Gasteiger charge is 2.08. The van der Waals surface area contributed by atoms with Gasteiger partial charge in [0, 0.05) is 16.9 Å². The van der Waals surface area contributed by atoms with Crippen molar-refractivity contribution in [2.75, 3.05) is 24.4 Å². The van der Waals surface area contributed by atoms with Crippen LogP contribution in [0.2, 0.25) is 0 Å². The quantitative estimate of drug-likeness (QED) is 0.632. The fraction of sp³-hybridized carbons (Fsp3) is 0.130. The lowest BCUT2D eigenvalue weighted by molar-refractivity contribution is -0.118. The van der Waals surface area contributed by atoms with Crippen LogP contribution in [-0.4, -0.2) is 25.5 Å². The van der Waals surface area contributed by atoms with E-state index in [-0.39, 0.29) is 18.4 Å². The molecule has 3 aromatic carbocycles. The SMILES string of the molecule is COc1ccc(NC(=O)c2ccc(NC(=O)COc3ccc(C)cc3)cc2)cc1. The van der Waals surface area contributed by atoms with Gasteiger partial charge in [-0.3, -0.25) is 9.59 Å². The predicted molar refractivity (Wildman–Crippen MR) is 113 cm³/mol. The van der Waals surface area contributed by atoms with Crippen LogP contribution in [0.3, 0.4) is 0 Å². The van der Waals surface area contributed by atoms with E-state index in [1.165, 1.54) is 0 Å². The number of rotatable bonds is 7. The number of amides is 2. The van der Waals surface area contributed by atoms with E-state index in [4.69, 9.17) is 9.47 Å². The van der Waals surface area contributed by atoms with Gasteiger partial charge in [0.1, 0.15) is 11.5 Å². The molecule has 0 bridgehead atoms. The molecule has 148 valence electrons. The van der Waals surface area contributed by atoms with E-state index in [0.717, 1.165) is 11.3 Å². The molecule has 0 aromatic heterocycles. The molecular formula is C23H22N2O4. The molecule has 0 fully saturated rings. The molecule has 29 heavy (non-hydrogen) atoms. The molecule has 3 aromatic rings. The lowest BCUT2D eigenvalue weighted by Crippen LogP contribution is -2.20. The predicted octanol–water partition coefficient (Wildman–Crippen LogP) is 4.27. The largest absolute Gasteiger partial charge is 0.497 e. The third-order valence-electron chi connectivity index (χ3n) is 4.17. The van der Waals surface area contributed by atoms with Gasteiger partial charge < -0.3 is 20.1 Å². The summed E-state index contributed by atoms with van der Waals surface area (Å²) in [7, 11) is 1.59. The number of nitrogens with one attached hydrogen (secondary N) is 2. The maximum atomic E-state index is 12.3. The fourth-order valence-electron chi connectivity index (χ4n) is 2.56. The number of methoxy groups -OCH3 is 1. The maximum Gasteiger partial charge on any atom is 0.262 e. The third kappa shape index (κ3) is 5.84. The number of hydrogen-bond donors (Lipinski definition) is 2. The summed E-state index contributed by atoms with van der Waals surface area (Å²) in [5.41, 5.74) is 2.86. The Bertz CT molecular complexity index is 965. The molecule has 0 aliphatic rings. The van der Waals surface area contributed by atoms with Crippen LogP contribution in [0.25, 0.3) is 0 Å². The van der Waals surface area contributed by atoms with Crippen molar-refractivity contribution in [2.24, 2.45) is 0 Å². The van der Waals surface area contributed by atoms with Gasteiger partial charge in [-0.05, 0) is 67.6 Å². The van der Waals surface area contributed by atoms with Crippen molar-refractivity contribution in [1.82, 2.24) is 0 Å². The van der Waals surface area contributed by atoms with E-state index in [9.17, 15) is 9.59 Å². The van der Waals surface area contributed by atoms with E-state index >= 15 is 0 Å². The molecule has 0 saturated heterocycles. The van der Waals surface area contributed by atoms with Crippen LogP contribution in [0.1, 0.15) is 15.9 Å². The number of carbonyl (C=O) groups excluding carboxylic acids is 2. The lowest BCUT2D eigenvalue weighted by Gasteiger charge is -2.09. The molecule has 0 unspecified atom stereocenters. The average Bonchev–Trinajstić information content (AvgIpc) is 2.74. The summed E-state index contributed by atoms with van der Waals surface area (Å²) in [6, 6.07) is 21.2. The van der Waals surface area contributed by atoms with Gasteiger partial charge in [0.25, 0.3) is 11.8 Å². The zero-order valence-electron chi connectivity index (χ0n) is 16.3. The Balaban J connectivity index is 1.51. The summed E-state index contributed by atoms with van der Waals surface area (Å²) in [6.45, 7) is 1.89. The van der Waals surface area contributed by atoms with Crippen molar-refractivity contribution >= 4 is 23.2 Å². The number of ether oxygens (including phenoxy) is 2. The Hall–Kier alpha value is -3.80. The average molecular weight is 390 g/mol. The summed E-state index contributed by atoms with van der Waals surface area (Å²) in [5, 5.41) is 5.55. The Kier molecular flexibility index (Phi) is 6.47. The van der Waals surface area contributed by atoms with Gasteiger partial charge in [-0.1, -0.05) is 17.7 Å². The van der Waals surface area contributed by atoms with Crippen LogP contribution in [0.4, 0.5) is 11.4 Å². The summed E-state index contributed by atoms with van der Waals surface area (Å²) in [5.74, 6) is 0.836. The number of aryl methyl sites for hydroxylation is 1. The molecule has 0 aliphatic carbocycles. The first kappa shape index (κ1) is 19.9. The van der Waals surface area contributed by atoms with Crippen molar-refractivity contribution in [1.29, 1.82) is 0 Å². The maximum absolute atomic E-state index is 12.3. The zero-order valence-corrected chi connectivity index (χ0v) is 16.3. The number of benzene rings is 3. The molecule has 0 spiro atoms. The van der Waals surface area contributed by atoms with E-state index in [2.05, 4.69) is 10.6 Å². The first-order valence-corrected chi connectivity index (χ1v) is 9.08. The van der Waals surface area contributed by atoms with Crippen LogP contribution in [0.5, 0.6) is 11.5 Å². The molecule has 2 amide bonds. The molecule has 0 radical (unpaired) electrons. The van der Waals surface area contributed by atoms with Gasteiger partial charge in [0.05, 0.1) is 7.11 Å². The summed E-state index contributed by atoms with van der Waals surface area (Å²) in [6.07, 6.45) is 0. The minimum Gasteiger partial charge on any atom is -0.497 e. The Morgan fingerprint density at radius 1 is 0.759 bits per heavy atom. The molecule has 3 rings (SSSR count). The van der Waals surface area contributed by atoms with Crippen LogP contribution in [0.15, 0.2) is 72.8 Å². The van der Waals surface area contributed by atoms with Crippen LogP contribution >= 0.6 is 0 Å². The molecule has 0 saturated carbocycles. The van der Waals surface area contributed by atoms with Gasteiger partial charge in [-0.15, -0.1) is 0 Å². The van der Waals surface area contributed by atoms with E-state index in [1.807, 2.05) is 31.2 Å². The summed E-state index contributed by atoms with van der Waals surface area (Å²) >= 11 is 0. The van der Waals surface area contributed by atoms with Crippen molar-refractivity contribution < 1.29 is 19.1 Å². The monoisotopic (exact) mass is 390 g/mol. The highest BCUT2D eigenvalue weighted by Crippen LogP contribution is 2.17. The number of hydrogen-bond acceptors (Lipinski definition) is 4. The van der Waals surface area contributed by atoms with Gasteiger partial charge >= 0.3 is 0 Å². The second-order valence-corrected chi connectivity index (χ2v) is 6.41.